The number of halogens is 1. The van der Waals surface area contributed by atoms with Crippen LogP contribution in [0.1, 0.15) is 18.4 Å². The monoisotopic (exact) mass is 267 g/mol. The van der Waals surface area contributed by atoms with E-state index in [2.05, 4.69) is 16.0 Å². The number of carbonyl (C=O) groups excluding carboxylic acids is 1. The number of urea groups is 1. The summed E-state index contributed by atoms with van der Waals surface area (Å²) in [4.78, 5) is 11.6. The van der Waals surface area contributed by atoms with E-state index in [0.29, 0.717) is 24.2 Å². The van der Waals surface area contributed by atoms with Crippen molar-refractivity contribution in [3.05, 3.63) is 34.9 Å². The first kappa shape index (κ1) is 13.2. The second-order valence-corrected chi connectivity index (χ2v) is 4.92. The summed E-state index contributed by atoms with van der Waals surface area (Å²) in [7, 11) is 0. The molecule has 98 valence electrons. The zero-order valence-corrected chi connectivity index (χ0v) is 11.0. The third kappa shape index (κ3) is 4.20. The van der Waals surface area contributed by atoms with E-state index in [9.17, 15) is 4.79 Å². The highest BCUT2D eigenvalue weighted by Gasteiger charge is 2.14. The summed E-state index contributed by atoms with van der Waals surface area (Å²) < 4.78 is 0. The molecule has 1 aliphatic heterocycles. The minimum atomic E-state index is -0.126. The minimum Gasteiger partial charge on any atom is -0.337 e. The molecule has 1 saturated heterocycles. The Labute approximate surface area is 112 Å². The van der Waals surface area contributed by atoms with Gasteiger partial charge < -0.3 is 16.0 Å². The number of nitrogens with one attached hydrogen (secondary N) is 3. The summed E-state index contributed by atoms with van der Waals surface area (Å²) in [5, 5.41) is 9.73. The van der Waals surface area contributed by atoms with Crippen molar-refractivity contribution in [2.75, 3.05) is 13.1 Å². The predicted molar refractivity (Wildman–Crippen MR) is 72.7 cm³/mol. The van der Waals surface area contributed by atoms with Crippen LogP contribution in [0.5, 0.6) is 0 Å². The molecule has 18 heavy (non-hydrogen) atoms. The average Bonchev–Trinajstić information content (AvgIpc) is 2.89. The summed E-state index contributed by atoms with van der Waals surface area (Å²) in [6.07, 6.45) is 2.33. The Morgan fingerprint density at radius 2 is 2.11 bits per heavy atom. The minimum absolute atomic E-state index is 0.126. The Bertz CT molecular complexity index is 388. The SMILES string of the molecule is O=C(NCc1ccc(Cl)cc1)NCC1CCCN1. The van der Waals surface area contributed by atoms with Crippen LogP contribution >= 0.6 is 11.6 Å². The van der Waals surface area contributed by atoms with Gasteiger partial charge in [-0.05, 0) is 37.1 Å². The van der Waals surface area contributed by atoms with E-state index in [-0.39, 0.29) is 6.03 Å². The predicted octanol–water partition coefficient (Wildman–Crippen LogP) is 1.89. The molecule has 0 spiro atoms. The zero-order valence-electron chi connectivity index (χ0n) is 10.2. The molecule has 1 aromatic rings. The van der Waals surface area contributed by atoms with Gasteiger partial charge in [0.15, 0.2) is 0 Å². The quantitative estimate of drug-likeness (QED) is 0.780. The molecule has 0 radical (unpaired) electrons. The molecule has 2 rings (SSSR count). The maximum Gasteiger partial charge on any atom is 0.315 e. The fraction of sp³-hybridized carbons (Fsp3) is 0.462. The van der Waals surface area contributed by atoms with Crippen molar-refractivity contribution in [1.29, 1.82) is 0 Å². The third-order valence-electron chi connectivity index (χ3n) is 3.04. The van der Waals surface area contributed by atoms with Gasteiger partial charge in [-0.25, -0.2) is 4.79 Å². The molecule has 0 bridgehead atoms. The fourth-order valence-corrected chi connectivity index (χ4v) is 2.12. The van der Waals surface area contributed by atoms with Crippen LogP contribution in [-0.2, 0) is 6.54 Å². The molecule has 0 saturated carbocycles. The van der Waals surface area contributed by atoms with Crippen molar-refractivity contribution in [3.8, 4) is 0 Å². The molecular weight excluding hydrogens is 250 g/mol. The van der Waals surface area contributed by atoms with Gasteiger partial charge in [0.05, 0.1) is 0 Å². The largest absolute Gasteiger partial charge is 0.337 e. The van der Waals surface area contributed by atoms with E-state index in [0.717, 1.165) is 18.5 Å². The molecule has 5 heteroatoms. The van der Waals surface area contributed by atoms with E-state index in [1.54, 1.807) is 0 Å². The molecule has 0 aliphatic carbocycles. The van der Waals surface area contributed by atoms with Gasteiger partial charge in [0.25, 0.3) is 0 Å². The molecule has 2 amide bonds. The molecular formula is C13H18ClN3O. The highest BCUT2D eigenvalue weighted by Crippen LogP contribution is 2.09. The molecule has 1 aromatic carbocycles. The number of hydrogen-bond donors (Lipinski definition) is 3. The highest BCUT2D eigenvalue weighted by atomic mass is 35.5. The maximum absolute atomic E-state index is 11.6. The second-order valence-electron chi connectivity index (χ2n) is 4.48. The number of benzene rings is 1. The van der Waals surface area contributed by atoms with Crippen molar-refractivity contribution >= 4 is 17.6 Å². The van der Waals surface area contributed by atoms with Crippen LogP contribution in [-0.4, -0.2) is 25.2 Å². The first-order valence-electron chi connectivity index (χ1n) is 6.23. The van der Waals surface area contributed by atoms with Crippen molar-refractivity contribution in [2.24, 2.45) is 0 Å². The first-order valence-corrected chi connectivity index (χ1v) is 6.61. The van der Waals surface area contributed by atoms with Crippen LogP contribution < -0.4 is 16.0 Å². The van der Waals surface area contributed by atoms with Crippen molar-refractivity contribution < 1.29 is 4.79 Å². The van der Waals surface area contributed by atoms with Crippen molar-refractivity contribution in [1.82, 2.24) is 16.0 Å². The van der Waals surface area contributed by atoms with Gasteiger partial charge in [0.1, 0.15) is 0 Å². The summed E-state index contributed by atoms with van der Waals surface area (Å²) in [6.45, 7) is 2.26. The lowest BCUT2D eigenvalue weighted by Crippen LogP contribution is -2.42. The highest BCUT2D eigenvalue weighted by molar-refractivity contribution is 6.30. The smallest absolute Gasteiger partial charge is 0.315 e. The number of carbonyl (C=O) groups is 1. The molecule has 4 nitrogen and oxygen atoms in total. The maximum atomic E-state index is 11.6. The normalized spacial score (nSPS) is 18.6. The van der Waals surface area contributed by atoms with Crippen LogP contribution in [0.2, 0.25) is 5.02 Å². The molecule has 3 N–H and O–H groups in total. The van der Waals surface area contributed by atoms with Gasteiger partial charge >= 0.3 is 6.03 Å². The number of rotatable bonds is 4. The molecule has 0 aromatic heterocycles. The van der Waals surface area contributed by atoms with E-state index in [1.165, 1.54) is 6.42 Å². The number of amides is 2. The Morgan fingerprint density at radius 1 is 1.33 bits per heavy atom. The summed E-state index contributed by atoms with van der Waals surface area (Å²) in [5.41, 5.74) is 1.04. The molecule has 1 atom stereocenters. The van der Waals surface area contributed by atoms with Gasteiger partial charge in [-0.2, -0.15) is 0 Å². The van der Waals surface area contributed by atoms with Crippen LogP contribution in [0.15, 0.2) is 24.3 Å². The number of hydrogen-bond acceptors (Lipinski definition) is 2. The van der Waals surface area contributed by atoms with E-state index >= 15 is 0 Å². The topological polar surface area (TPSA) is 53.2 Å². The second kappa shape index (κ2) is 6.61. The van der Waals surface area contributed by atoms with Gasteiger partial charge in [-0.1, -0.05) is 23.7 Å². The fourth-order valence-electron chi connectivity index (χ4n) is 1.99. The van der Waals surface area contributed by atoms with Gasteiger partial charge in [-0.15, -0.1) is 0 Å². The first-order chi connectivity index (χ1) is 8.74. The lowest BCUT2D eigenvalue weighted by atomic mass is 10.2. The Balaban J connectivity index is 1.66. The van der Waals surface area contributed by atoms with Gasteiger partial charge in [0.2, 0.25) is 0 Å². The van der Waals surface area contributed by atoms with Crippen molar-refractivity contribution in [2.45, 2.75) is 25.4 Å². The van der Waals surface area contributed by atoms with E-state index < -0.39 is 0 Å². The summed E-state index contributed by atoms with van der Waals surface area (Å²) in [6, 6.07) is 7.74. The Kier molecular flexibility index (Phi) is 4.84. The van der Waals surface area contributed by atoms with Crippen LogP contribution in [0.4, 0.5) is 4.79 Å². The lowest BCUT2D eigenvalue weighted by molar-refractivity contribution is 0.239. The van der Waals surface area contributed by atoms with Gasteiger partial charge in [-0.3, -0.25) is 0 Å². The standard InChI is InChI=1S/C13H18ClN3O/c14-11-5-3-10(4-6-11)8-16-13(18)17-9-12-2-1-7-15-12/h3-6,12,15H,1-2,7-9H2,(H2,16,17,18). The Hall–Kier alpha value is -1.26. The van der Waals surface area contributed by atoms with Crippen LogP contribution in [0, 0.1) is 0 Å². The van der Waals surface area contributed by atoms with E-state index in [1.807, 2.05) is 24.3 Å². The molecule has 1 unspecified atom stereocenters. The van der Waals surface area contributed by atoms with Crippen LogP contribution in [0.3, 0.4) is 0 Å². The third-order valence-corrected chi connectivity index (χ3v) is 3.29. The van der Waals surface area contributed by atoms with Gasteiger partial charge in [0, 0.05) is 24.2 Å². The Morgan fingerprint density at radius 3 is 2.78 bits per heavy atom. The average molecular weight is 268 g/mol. The summed E-state index contributed by atoms with van der Waals surface area (Å²) >= 11 is 5.79. The lowest BCUT2D eigenvalue weighted by Gasteiger charge is -2.12. The molecule has 1 aliphatic rings. The molecule has 1 heterocycles. The molecule has 1 fully saturated rings. The summed E-state index contributed by atoms with van der Waals surface area (Å²) in [5.74, 6) is 0. The van der Waals surface area contributed by atoms with Crippen LogP contribution in [0.25, 0.3) is 0 Å². The zero-order chi connectivity index (χ0) is 12.8. The van der Waals surface area contributed by atoms with E-state index in [4.69, 9.17) is 11.6 Å². The van der Waals surface area contributed by atoms with Crippen molar-refractivity contribution in [3.63, 3.8) is 0 Å².